The summed E-state index contributed by atoms with van der Waals surface area (Å²) >= 11 is 0. The maximum Gasteiger partial charge on any atom is 0.330 e. The average molecular weight is 465 g/mol. The molecule has 7 nitrogen and oxygen atoms in total. The number of carboxylic acids is 1. The highest BCUT2D eigenvalue weighted by atomic mass is 16.5. The lowest BCUT2D eigenvalue weighted by Crippen LogP contribution is -2.30. The fraction of sp³-hybridized carbons (Fsp3) is 0.654. The van der Waals surface area contributed by atoms with Gasteiger partial charge in [0.1, 0.15) is 12.3 Å². The van der Waals surface area contributed by atoms with Gasteiger partial charge in [-0.05, 0) is 74.4 Å². The topological polar surface area (TPSA) is 105 Å². The summed E-state index contributed by atoms with van der Waals surface area (Å²) < 4.78 is 5.36. The van der Waals surface area contributed by atoms with E-state index in [4.69, 9.17) is 9.84 Å². The van der Waals surface area contributed by atoms with Gasteiger partial charge in [0.2, 0.25) is 5.91 Å². The van der Waals surface area contributed by atoms with Crippen molar-refractivity contribution in [2.75, 3.05) is 20.1 Å². The van der Waals surface area contributed by atoms with Crippen LogP contribution in [0.2, 0.25) is 0 Å². The van der Waals surface area contributed by atoms with Crippen molar-refractivity contribution >= 4 is 17.8 Å². The van der Waals surface area contributed by atoms with Crippen LogP contribution in [0.1, 0.15) is 90.2 Å². The molecule has 1 aromatic rings. The van der Waals surface area contributed by atoms with Crippen LogP contribution in [0, 0.1) is 5.92 Å². The average Bonchev–Trinajstić information content (AvgIpc) is 2.84. The van der Waals surface area contributed by atoms with Gasteiger partial charge >= 0.3 is 11.9 Å². The number of aryl methyl sites for hydroxylation is 1. The van der Waals surface area contributed by atoms with Crippen molar-refractivity contribution in [3.63, 3.8) is 0 Å². The van der Waals surface area contributed by atoms with Crippen molar-refractivity contribution in [3.8, 4) is 5.75 Å². The number of esters is 1. The van der Waals surface area contributed by atoms with Crippen molar-refractivity contribution in [1.82, 2.24) is 10.6 Å². The van der Waals surface area contributed by atoms with E-state index >= 15 is 0 Å². The van der Waals surface area contributed by atoms with Crippen molar-refractivity contribution in [2.24, 2.45) is 5.92 Å². The molecule has 0 saturated heterocycles. The summed E-state index contributed by atoms with van der Waals surface area (Å²) in [6.45, 7) is 10.0. The molecule has 0 bridgehead atoms. The second-order valence-electron chi connectivity index (χ2n) is 7.89. The van der Waals surface area contributed by atoms with E-state index in [0.717, 1.165) is 18.9 Å². The standard InChI is InChI=1S/C18H23NO3.C3H9N.C3H6O2.C2H6/c1-12(20)19-11-18(21)22-15-9-8-14-7-6-13-4-2-3-5-16(13)17(14)10-15;1-3-4-2;1-2-3(4)5;1-2/h8-10,13,16H,2-7,11H2,1H3,(H,19,20);4H,3H2,1-2H3;2H2,1H3,(H,4,5);1-2H3. The molecule has 1 saturated carbocycles. The third kappa shape index (κ3) is 12.4. The van der Waals surface area contributed by atoms with Gasteiger partial charge in [-0.15, -0.1) is 0 Å². The number of nitrogens with one attached hydrogen (secondary N) is 2. The van der Waals surface area contributed by atoms with Crippen LogP contribution >= 0.6 is 0 Å². The zero-order valence-electron chi connectivity index (χ0n) is 21.3. The van der Waals surface area contributed by atoms with Gasteiger partial charge in [0.15, 0.2) is 0 Å². The number of carboxylic acid groups (broad SMARTS) is 1. The largest absolute Gasteiger partial charge is 0.481 e. The fourth-order valence-corrected chi connectivity index (χ4v) is 3.88. The van der Waals surface area contributed by atoms with Crippen LogP contribution in [0.3, 0.4) is 0 Å². The van der Waals surface area contributed by atoms with Crippen LogP contribution in [0.4, 0.5) is 0 Å². The number of amides is 1. The van der Waals surface area contributed by atoms with E-state index in [-0.39, 0.29) is 18.9 Å². The molecule has 0 radical (unpaired) electrons. The number of fused-ring (bicyclic) bond motifs is 3. The highest BCUT2D eigenvalue weighted by Gasteiger charge is 2.31. The number of rotatable bonds is 5. The smallest absolute Gasteiger partial charge is 0.330 e. The van der Waals surface area contributed by atoms with Gasteiger partial charge in [-0.2, -0.15) is 0 Å². The summed E-state index contributed by atoms with van der Waals surface area (Å²) in [5.74, 6) is 0.627. The van der Waals surface area contributed by atoms with Crippen molar-refractivity contribution in [1.29, 1.82) is 0 Å². The lowest BCUT2D eigenvalue weighted by Gasteiger charge is -2.37. The predicted molar refractivity (Wildman–Crippen MR) is 133 cm³/mol. The zero-order valence-corrected chi connectivity index (χ0v) is 21.3. The Hall–Kier alpha value is -2.41. The molecule has 2 aliphatic carbocycles. The van der Waals surface area contributed by atoms with E-state index in [0.29, 0.717) is 11.7 Å². The van der Waals surface area contributed by atoms with E-state index in [1.54, 1.807) is 6.92 Å². The quantitative estimate of drug-likeness (QED) is 0.432. The monoisotopic (exact) mass is 464 g/mol. The third-order valence-electron chi connectivity index (χ3n) is 5.58. The first kappa shape index (κ1) is 30.6. The van der Waals surface area contributed by atoms with Gasteiger partial charge < -0.3 is 20.5 Å². The summed E-state index contributed by atoms with van der Waals surface area (Å²) in [6, 6.07) is 6.01. The first-order valence-corrected chi connectivity index (χ1v) is 12.3. The Kier molecular flexibility index (Phi) is 16.7. The van der Waals surface area contributed by atoms with Crippen LogP contribution in [-0.4, -0.2) is 43.1 Å². The Morgan fingerprint density at radius 3 is 2.24 bits per heavy atom. The molecule has 1 amide bonds. The summed E-state index contributed by atoms with van der Waals surface area (Å²) in [5.41, 5.74) is 2.78. The molecule has 0 heterocycles. The van der Waals surface area contributed by atoms with Gasteiger partial charge in [-0.3, -0.25) is 9.59 Å². The van der Waals surface area contributed by atoms with Crippen LogP contribution in [-0.2, 0) is 20.8 Å². The minimum atomic E-state index is -0.745. The molecule has 1 aromatic carbocycles. The molecule has 3 N–H and O–H groups in total. The van der Waals surface area contributed by atoms with E-state index in [9.17, 15) is 14.4 Å². The number of benzene rings is 1. The maximum atomic E-state index is 11.7. The van der Waals surface area contributed by atoms with E-state index < -0.39 is 11.9 Å². The Morgan fingerprint density at radius 1 is 1.09 bits per heavy atom. The van der Waals surface area contributed by atoms with Crippen LogP contribution < -0.4 is 15.4 Å². The summed E-state index contributed by atoms with van der Waals surface area (Å²) in [6.07, 6.45) is 7.88. The second kappa shape index (κ2) is 18.1. The minimum Gasteiger partial charge on any atom is -0.481 e. The number of carbonyl (C=O) groups is 3. The summed E-state index contributed by atoms with van der Waals surface area (Å²) in [5, 5.41) is 13.1. The highest BCUT2D eigenvalue weighted by Crippen LogP contribution is 2.45. The lowest BCUT2D eigenvalue weighted by molar-refractivity contribution is -0.136. The number of hydrogen-bond acceptors (Lipinski definition) is 5. The molecular weight excluding hydrogens is 420 g/mol. The Labute approximate surface area is 199 Å². The predicted octanol–water partition coefficient (Wildman–Crippen LogP) is 4.68. The molecular formula is C26H44N2O5. The lowest BCUT2D eigenvalue weighted by atomic mass is 9.68. The van der Waals surface area contributed by atoms with Gasteiger partial charge in [-0.25, -0.2) is 4.79 Å². The Morgan fingerprint density at radius 2 is 1.70 bits per heavy atom. The van der Waals surface area contributed by atoms with Gasteiger partial charge in [0, 0.05) is 13.3 Å². The molecule has 7 heteroatoms. The molecule has 33 heavy (non-hydrogen) atoms. The van der Waals surface area contributed by atoms with Crippen molar-refractivity contribution in [3.05, 3.63) is 29.3 Å². The third-order valence-corrected chi connectivity index (χ3v) is 5.58. The van der Waals surface area contributed by atoms with Gasteiger partial charge in [0.25, 0.3) is 0 Å². The second-order valence-corrected chi connectivity index (χ2v) is 7.89. The number of ether oxygens (including phenoxy) is 1. The molecule has 0 aromatic heterocycles. The Balaban J connectivity index is 0.000000787. The van der Waals surface area contributed by atoms with Crippen LogP contribution in [0.25, 0.3) is 0 Å². The van der Waals surface area contributed by atoms with E-state index in [2.05, 4.69) is 23.6 Å². The normalized spacial score (nSPS) is 17.6. The number of hydrogen-bond donors (Lipinski definition) is 3. The first-order valence-electron chi connectivity index (χ1n) is 12.3. The first-order chi connectivity index (χ1) is 15.8. The number of carbonyl (C=O) groups excluding carboxylic acids is 2. The van der Waals surface area contributed by atoms with Crippen molar-refractivity contribution in [2.45, 2.75) is 85.5 Å². The minimum absolute atomic E-state index is 0.0848. The number of aliphatic carboxylic acids is 1. The molecule has 3 rings (SSSR count). The van der Waals surface area contributed by atoms with Crippen molar-refractivity contribution < 1.29 is 24.2 Å². The van der Waals surface area contributed by atoms with Crippen LogP contribution in [0.5, 0.6) is 5.75 Å². The molecule has 0 aliphatic heterocycles. The zero-order chi connectivity index (χ0) is 25.2. The SMILES string of the molecule is CC.CC(=O)NCC(=O)Oc1ccc2c(c1)C1CCCCC1CC2.CCC(=O)O.CCNC. The fourth-order valence-electron chi connectivity index (χ4n) is 3.88. The molecule has 2 aliphatic rings. The molecule has 0 spiro atoms. The van der Waals surface area contributed by atoms with Crippen LogP contribution in [0.15, 0.2) is 18.2 Å². The summed E-state index contributed by atoms with van der Waals surface area (Å²) in [4.78, 5) is 31.9. The molecule has 2 atom stereocenters. The maximum absolute atomic E-state index is 11.7. The molecule has 2 unspecified atom stereocenters. The molecule has 1 fully saturated rings. The summed E-state index contributed by atoms with van der Waals surface area (Å²) in [7, 11) is 1.93. The highest BCUT2D eigenvalue weighted by molar-refractivity contribution is 5.81. The molecule has 188 valence electrons. The Bertz CT molecular complexity index is 719. The van der Waals surface area contributed by atoms with E-state index in [1.807, 2.05) is 33.0 Å². The van der Waals surface area contributed by atoms with Gasteiger partial charge in [-0.1, -0.05) is 46.6 Å². The van der Waals surface area contributed by atoms with E-state index in [1.165, 1.54) is 50.2 Å². The van der Waals surface area contributed by atoms with Gasteiger partial charge in [0.05, 0.1) is 0 Å².